The van der Waals surface area contributed by atoms with E-state index in [2.05, 4.69) is 12.2 Å². The zero-order valence-corrected chi connectivity index (χ0v) is 12.5. The number of nitrogens with two attached hydrogens (primary N) is 2. The molecule has 0 spiro atoms. The van der Waals surface area contributed by atoms with E-state index in [1.54, 1.807) is 12.1 Å². The summed E-state index contributed by atoms with van der Waals surface area (Å²) >= 11 is 0. The van der Waals surface area contributed by atoms with E-state index in [0.717, 1.165) is 12.8 Å². The van der Waals surface area contributed by atoms with Crippen molar-refractivity contribution >= 4 is 21.4 Å². The van der Waals surface area contributed by atoms with Crippen molar-refractivity contribution in [2.45, 2.75) is 31.1 Å². The van der Waals surface area contributed by atoms with Gasteiger partial charge >= 0.3 is 0 Å². The maximum atomic E-state index is 11.5. The average Bonchev–Trinajstić information content (AvgIpc) is 2.36. The third-order valence-corrected chi connectivity index (χ3v) is 4.08. The number of nitrogens with one attached hydrogen (secondary N) is 1. The third kappa shape index (κ3) is 4.99. The highest BCUT2D eigenvalue weighted by atomic mass is 32.2. The highest BCUT2D eigenvalue weighted by Crippen LogP contribution is 2.23. The van der Waals surface area contributed by atoms with Gasteiger partial charge in [-0.15, -0.1) is 0 Å². The van der Waals surface area contributed by atoms with Crippen LogP contribution in [0.3, 0.4) is 0 Å². The second-order valence-corrected chi connectivity index (χ2v) is 6.38. The van der Waals surface area contributed by atoms with Gasteiger partial charge in [0.05, 0.1) is 5.69 Å². The smallest absolute Gasteiger partial charge is 0.240 e. The van der Waals surface area contributed by atoms with E-state index in [1.165, 1.54) is 6.07 Å². The molecule has 0 saturated carbocycles. The second kappa shape index (κ2) is 7.47. The maximum absolute atomic E-state index is 11.5. The summed E-state index contributed by atoms with van der Waals surface area (Å²) in [5.41, 5.74) is 6.39. The molecule has 0 bridgehead atoms. The van der Waals surface area contributed by atoms with Crippen molar-refractivity contribution < 1.29 is 13.5 Å². The average molecular weight is 301 g/mol. The molecule has 6 nitrogen and oxygen atoms in total. The van der Waals surface area contributed by atoms with Crippen molar-refractivity contribution in [1.82, 2.24) is 0 Å². The van der Waals surface area contributed by atoms with Crippen LogP contribution in [0, 0.1) is 5.92 Å². The number of anilines is 2. The number of aliphatic hydroxyl groups excluding tert-OH is 1. The minimum absolute atomic E-state index is 0.00301. The number of hydrogen-bond acceptors (Lipinski definition) is 5. The van der Waals surface area contributed by atoms with E-state index < -0.39 is 10.0 Å². The molecule has 20 heavy (non-hydrogen) atoms. The molecule has 1 unspecified atom stereocenters. The van der Waals surface area contributed by atoms with E-state index in [-0.39, 0.29) is 17.4 Å². The van der Waals surface area contributed by atoms with Crippen molar-refractivity contribution in [2.24, 2.45) is 11.1 Å². The normalized spacial score (nSPS) is 13.2. The lowest BCUT2D eigenvalue weighted by atomic mass is 10.0. The zero-order chi connectivity index (χ0) is 15.2. The Morgan fingerprint density at radius 1 is 1.35 bits per heavy atom. The number of sulfonamides is 1. The number of nitrogen functional groups attached to an aromatic ring is 1. The van der Waals surface area contributed by atoms with Crippen molar-refractivity contribution in [1.29, 1.82) is 0 Å². The summed E-state index contributed by atoms with van der Waals surface area (Å²) in [5.74, 6) is 0.288. The molecule has 0 aliphatic rings. The van der Waals surface area contributed by atoms with Crippen LogP contribution >= 0.6 is 0 Å². The molecule has 0 fully saturated rings. The molecule has 1 atom stereocenters. The maximum Gasteiger partial charge on any atom is 0.240 e. The Bertz CT molecular complexity index is 526. The molecule has 0 heterocycles. The Labute approximate surface area is 120 Å². The van der Waals surface area contributed by atoms with E-state index in [4.69, 9.17) is 16.0 Å². The largest absolute Gasteiger partial charge is 0.399 e. The molecule has 1 aromatic rings. The molecule has 7 heteroatoms. The SMILES string of the molecule is CCCC(CCO)CNc1ccc(N)cc1S(N)(=O)=O. The van der Waals surface area contributed by atoms with Gasteiger partial charge in [-0.3, -0.25) is 0 Å². The first-order valence-corrected chi connectivity index (χ1v) is 8.20. The highest BCUT2D eigenvalue weighted by molar-refractivity contribution is 7.89. The van der Waals surface area contributed by atoms with Gasteiger partial charge in [-0.2, -0.15) is 0 Å². The molecule has 0 aliphatic carbocycles. The summed E-state index contributed by atoms with van der Waals surface area (Å²) in [6, 6.07) is 4.58. The van der Waals surface area contributed by atoms with Crippen LogP contribution in [0.4, 0.5) is 11.4 Å². The number of hydrogen-bond donors (Lipinski definition) is 4. The number of benzene rings is 1. The molecule has 6 N–H and O–H groups in total. The standard InChI is InChI=1S/C13H23N3O3S/c1-2-3-10(6-7-17)9-16-12-5-4-11(14)8-13(12)20(15,18)19/h4-5,8,10,16-17H,2-3,6-7,9,14H2,1H3,(H2,15,18,19). The topological polar surface area (TPSA) is 118 Å². The summed E-state index contributed by atoms with van der Waals surface area (Å²) in [6.45, 7) is 2.78. The van der Waals surface area contributed by atoms with Crippen LogP contribution < -0.4 is 16.2 Å². The van der Waals surface area contributed by atoms with Gasteiger partial charge in [0.1, 0.15) is 4.90 Å². The van der Waals surface area contributed by atoms with Gasteiger partial charge < -0.3 is 16.2 Å². The van der Waals surface area contributed by atoms with Gasteiger partial charge in [-0.25, -0.2) is 13.6 Å². The monoisotopic (exact) mass is 301 g/mol. The van der Waals surface area contributed by atoms with Gasteiger partial charge in [-0.05, 0) is 37.0 Å². The fourth-order valence-electron chi connectivity index (χ4n) is 2.11. The first-order chi connectivity index (χ1) is 9.38. The predicted octanol–water partition coefficient (Wildman–Crippen LogP) is 1.13. The third-order valence-electron chi connectivity index (χ3n) is 3.13. The van der Waals surface area contributed by atoms with Gasteiger partial charge in [0.2, 0.25) is 10.0 Å². The molecule has 0 aromatic heterocycles. The summed E-state index contributed by atoms with van der Waals surface area (Å²) in [6.07, 6.45) is 2.66. The lowest BCUT2D eigenvalue weighted by Gasteiger charge is -2.18. The van der Waals surface area contributed by atoms with E-state index in [1.807, 2.05) is 0 Å². The Morgan fingerprint density at radius 3 is 2.60 bits per heavy atom. The van der Waals surface area contributed by atoms with Gasteiger partial charge in [0.25, 0.3) is 0 Å². The molecule has 0 amide bonds. The second-order valence-electron chi connectivity index (χ2n) is 4.85. The Morgan fingerprint density at radius 2 is 2.05 bits per heavy atom. The summed E-state index contributed by atoms with van der Waals surface area (Å²) in [7, 11) is -3.82. The van der Waals surface area contributed by atoms with Gasteiger partial charge in [0, 0.05) is 18.8 Å². The van der Waals surface area contributed by atoms with E-state index in [0.29, 0.717) is 24.3 Å². The lowest BCUT2D eigenvalue weighted by molar-refractivity contribution is 0.255. The summed E-state index contributed by atoms with van der Waals surface area (Å²) < 4.78 is 23.1. The Hall–Kier alpha value is -1.31. The van der Waals surface area contributed by atoms with Crippen molar-refractivity contribution in [3.63, 3.8) is 0 Å². The zero-order valence-electron chi connectivity index (χ0n) is 11.7. The van der Waals surface area contributed by atoms with Crippen LogP contribution in [0.15, 0.2) is 23.1 Å². The molecular formula is C13H23N3O3S. The number of primary sulfonamides is 1. The van der Waals surface area contributed by atoms with Crippen LogP contribution in [-0.2, 0) is 10.0 Å². The van der Waals surface area contributed by atoms with E-state index in [9.17, 15) is 8.42 Å². The first-order valence-electron chi connectivity index (χ1n) is 6.65. The van der Waals surface area contributed by atoms with Crippen LogP contribution in [0.5, 0.6) is 0 Å². The Kier molecular flexibility index (Phi) is 6.25. The molecule has 0 saturated heterocycles. The molecule has 114 valence electrons. The van der Waals surface area contributed by atoms with Gasteiger partial charge in [-0.1, -0.05) is 13.3 Å². The molecule has 0 aliphatic heterocycles. The quantitative estimate of drug-likeness (QED) is 0.537. The summed E-state index contributed by atoms with van der Waals surface area (Å²) in [4.78, 5) is -0.00301. The fraction of sp³-hybridized carbons (Fsp3) is 0.538. The van der Waals surface area contributed by atoms with Crippen molar-refractivity contribution in [2.75, 3.05) is 24.2 Å². The lowest BCUT2D eigenvalue weighted by Crippen LogP contribution is -2.19. The van der Waals surface area contributed by atoms with Crippen molar-refractivity contribution in [3.8, 4) is 0 Å². The minimum atomic E-state index is -3.82. The van der Waals surface area contributed by atoms with Crippen LogP contribution in [0.1, 0.15) is 26.2 Å². The van der Waals surface area contributed by atoms with Crippen molar-refractivity contribution in [3.05, 3.63) is 18.2 Å². The minimum Gasteiger partial charge on any atom is -0.399 e. The number of rotatable bonds is 8. The molecule has 1 rings (SSSR count). The van der Waals surface area contributed by atoms with Crippen LogP contribution in [0.25, 0.3) is 0 Å². The van der Waals surface area contributed by atoms with Crippen LogP contribution in [0.2, 0.25) is 0 Å². The van der Waals surface area contributed by atoms with E-state index >= 15 is 0 Å². The summed E-state index contributed by atoms with van der Waals surface area (Å²) in [5, 5.41) is 17.3. The first kappa shape index (κ1) is 16.7. The van der Waals surface area contributed by atoms with Crippen LogP contribution in [-0.4, -0.2) is 26.7 Å². The molecule has 1 aromatic carbocycles. The predicted molar refractivity (Wildman–Crippen MR) is 80.8 cm³/mol. The number of aliphatic hydroxyl groups is 1. The molecule has 0 radical (unpaired) electrons. The highest BCUT2D eigenvalue weighted by Gasteiger charge is 2.15. The molecular weight excluding hydrogens is 278 g/mol. The Balaban J connectivity index is 2.87. The fourth-order valence-corrected chi connectivity index (χ4v) is 2.86. The van der Waals surface area contributed by atoms with Gasteiger partial charge in [0.15, 0.2) is 0 Å².